The van der Waals surface area contributed by atoms with E-state index in [1.807, 2.05) is 32.0 Å². The fourth-order valence-corrected chi connectivity index (χ4v) is 3.66. The molecule has 0 bridgehead atoms. The summed E-state index contributed by atoms with van der Waals surface area (Å²) in [6, 6.07) is 8.69. The van der Waals surface area contributed by atoms with Crippen LogP contribution in [0.3, 0.4) is 0 Å². The molecule has 0 spiro atoms. The SMILES string of the molecule is Cc1ccc(OCn2cc(NC(=O)c3cc4nc(C5CC5)cc(C(F)F)n4n3)cn2)c(C)c1. The third-order valence-corrected chi connectivity index (χ3v) is 5.50. The minimum Gasteiger partial charge on any atom is -0.471 e. The average molecular weight is 452 g/mol. The number of carbonyl (C=O) groups excluding carboxylic acids is 1. The molecule has 1 aliphatic carbocycles. The van der Waals surface area contributed by atoms with E-state index in [0.29, 0.717) is 11.4 Å². The highest BCUT2D eigenvalue weighted by Gasteiger charge is 2.28. The van der Waals surface area contributed by atoms with Gasteiger partial charge in [-0.3, -0.25) is 4.79 Å². The lowest BCUT2D eigenvalue weighted by molar-refractivity contribution is 0.102. The Hall–Kier alpha value is -3.82. The summed E-state index contributed by atoms with van der Waals surface area (Å²) < 4.78 is 35.5. The zero-order valence-corrected chi connectivity index (χ0v) is 18.1. The van der Waals surface area contributed by atoms with Crippen molar-refractivity contribution in [1.82, 2.24) is 24.4 Å². The molecule has 0 radical (unpaired) electrons. The Labute approximate surface area is 188 Å². The van der Waals surface area contributed by atoms with Crippen molar-refractivity contribution in [2.45, 2.75) is 45.8 Å². The number of benzene rings is 1. The van der Waals surface area contributed by atoms with Gasteiger partial charge < -0.3 is 10.1 Å². The van der Waals surface area contributed by atoms with Crippen LogP contribution in [-0.4, -0.2) is 30.3 Å². The van der Waals surface area contributed by atoms with Gasteiger partial charge in [-0.05, 0) is 44.4 Å². The van der Waals surface area contributed by atoms with Crippen molar-refractivity contribution in [1.29, 1.82) is 0 Å². The first kappa shape index (κ1) is 21.0. The van der Waals surface area contributed by atoms with Crippen molar-refractivity contribution in [2.24, 2.45) is 0 Å². The number of aryl methyl sites for hydroxylation is 2. The van der Waals surface area contributed by atoms with Crippen LogP contribution in [0.1, 0.15) is 58.2 Å². The number of aromatic nitrogens is 5. The van der Waals surface area contributed by atoms with E-state index in [9.17, 15) is 13.6 Å². The number of nitrogens with zero attached hydrogens (tertiary/aromatic N) is 5. The van der Waals surface area contributed by atoms with Gasteiger partial charge in [0.15, 0.2) is 18.1 Å². The Morgan fingerprint density at radius 3 is 2.79 bits per heavy atom. The average Bonchev–Trinajstić information content (AvgIpc) is 3.38. The van der Waals surface area contributed by atoms with E-state index in [-0.39, 0.29) is 29.7 Å². The molecule has 0 atom stereocenters. The molecular weight excluding hydrogens is 430 g/mol. The number of anilines is 1. The third-order valence-electron chi connectivity index (χ3n) is 5.50. The van der Waals surface area contributed by atoms with Gasteiger partial charge in [0.25, 0.3) is 12.3 Å². The molecule has 3 aromatic heterocycles. The zero-order chi connectivity index (χ0) is 23.1. The second kappa shape index (κ2) is 8.27. The topological polar surface area (TPSA) is 86.3 Å². The van der Waals surface area contributed by atoms with E-state index in [0.717, 1.165) is 34.2 Å². The fourth-order valence-electron chi connectivity index (χ4n) is 3.66. The van der Waals surface area contributed by atoms with Gasteiger partial charge in [-0.1, -0.05) is 17.7 Å². The maximum absolute atomic E-state index is 13.5. The first-order valence-corrected chi connectivity index (χ1v) is 10.6. The van der Waals surface area contributed by atoms with Gasteiger partial charge in [-0.25, -0.2) is 23.0 Å². The molecule has 8 nitrogen and oxygen atoms in total. The number of halogens is 2. The molecule has 5 rings (SSSR count). The number of nitrogens with one attached hydrogen (secondary N) is 1. The summed E-state index contributed by atoms with van der Waals surface area (Å²) in [5.41, 5.74) is 3.18. The normalized spacial score (nSPS) is 13.6. The molecule has 0 unspecified atom stereocenters. The highest BCUT2D eigenvalue weighted by molar-refractivity contribution is 6.03. The van der Waals surface area contributed by atoms with Gasteiger partial charge in [0.1, 0.15) is 11.4 Å². The monoisotopic (exact) mass is 452 g/mol. The molecule has 1 fully saturated rings. The molecule has 1 amide bonds. The number of alkyl halides is 2. The minimum absolute atomic E-state index is 0.00312. The second-order valence-corrected chi connectivity index (χ2v) is 8.25. The van der Waals surface area contributed by atoms with Crippen LogP contribution < -0.4 is 10.1 Å². The van der Waals surface area contributed by atoms with Crippen molar-refractivity contribution in [3.05, 3.63) is 70.9 Å². The standard InChI is InChI=1S/C23H22F2N6O2/c1-13-3-6-20(14(2)7-13)33-12-30-11-16(10-26-30)27-23(32)18-9-21-28-17(15-4-5-15)8-19(22(24)25)31(21)29-18/h3,6-11,15,22H,4-5,12H2,1-2H3,(H,27,32). The summed E-state index contributed by atoms with van der Waals surface area (Å²) in [4.78, 5) is 17.1. The first-order chi connectivity index (χ1) is 15.9. The second-order valence-electron chi connectivity index (χ2n) is 8.25. The predicted octanol–water partition coefficient (Wildman–Crippen LogP) is 4.65. The predicted molar refractivity (Wildman–Crippen MR) is 117 cm³/mol. The molecule has 0 saturated heterocycles. The summed E-state index contributed by atoms with van der Waals surface area (Å²) in [5, 5.41) is 10.9. The van der Waals surface area contributed by atoms with Crippen molar-refractivity contribution < 1.29 is 18.3 Å². The molecular formula is C23H22F2N6O2. The maximum Gasteiger partial charge on any atom is 0.280 e. The minimum atomic E-state index is -2.72. The quantitative estimate of drug-likeness (QED) is 0.441. The van der Waals surface area contributed by atoms with Crippen LogP contribution >= 0.6 is 0 Å². The van der Waals surface area contributed by atoms with Crippen LogP contribution in [0, 0.1) is 13.8 Å². The number of hydrogen-bond donors (Lipinski definition) is 1. The molecule has 1 aliphatic rings. The molecule has 1 N–H and O–H groups in total. The molecule has 1 saturated carbocycles. The lowest BCUT2D eigenvalue weighted by Crippen LogP contribution is -2.13. The van der Waals surface area contributed by atoms with Crippen molar-refractivity contribution in [2.75, 3.05) is 5.32 Å². The fraction of sp³-hybridized carbons (Fsp3) is 0.304. The molecule has 4 aromatic rings. The summed E-state index contributed by atoms with van der Waals surface area (Å²) >= 11 is 0. The van der Waals surface area contributed by atoms with E-state index >= 15 is 0 Å². The van der Waals surface area contributed by atoms with Crippen LogP contribution in [0.2, 0.25) is 0 Å². The number of rotatable bonds is 7. The van der Waals surface area contributed by atoms with E-state index in [4.69, 9.17) is 4.74 Å². The van der Waals surface area contributed by atoms with Gasteiger partial charge >= 0.3 is 0 Å². The summed E-state index contributed by atoms with van der Waals surface area (Å²) in [5.74, 6) is 0.416. The van der Waals surface area contributed by atoms with Crippen LogP contribution in [0.4, 0.5) is 14.5 Å². The van der Waals surface area contributed by atoms with Gasteiger partial charge in [0.2, 0.25) is 0 Å². The summed E-state index contributed by atoms with van der Waals surface area (Å²) in [7, 11) is 0. The van der Waals surface area contributed by atoms with Crippen molar-refractivity contribution in [3.8, 4) is 5.75 Å². The number of ether oxygens (including phenoxy) is 1. The molecule has 0 aliphatic heterocycles. The smallest absolute Gasteiger partial charge is 0.280 e. The molecule has 170 valence electrons. The van der Waals surface area contributed by atoms with E-state index < -0.39 is 12.3 Å². The van der Waals surface area contributed by atoms with Crippen LogP contribution in [0.15, 0.2) is 42.7 Å². The Balaban J connectivity index is 1.29. The number of carbonyl (C=O) groups is 1. The Bertz CT molecular complexity index is 1340. The van der Waals surface area contributed by atoms with Crippen LogP contribution in [0.25, 0.3) is 5.65 Å². The highest BCUT2D eigenvalue weighted by Crippen LogP contribution is 2.40. The van der Waals surface area contributed by atoms with Gasteiger partial charge in [0.05, 0.1) is 18.1 Å². The van der Waals surface area contributed by atoms with Crippen molar-refractivity contribution >= 4 is 17.2 Å². The lowest BCUT2D eigenvalue weighted by atomic mass is 10.1. The lowest BCUT2D eigenvalue weighted by Gasteiger charge is -2.09. The Morgan fingerprint density at radius 1 is 1.24 bits per heavy atom. The number of amides is 1. The largest absolute Gasteiger partial charge is 0.471 e. The highest BCUT2D eigenvalue weighted by atomic mass is 19.3. The third kappa shape index (κ3) is 4.41. The number of hydrogen-bond acceptors (Lipinski definition) is 5. The summed E-state index contributed by atoms with van der Waals surface area (Å²) in [6.45, 7) is 4.15. The zero-order valence-electron chi connectivity index (χ0n) is 18.1. The van der Waals surface area contributed by atoms with E-state index in [1.165, 1.54) is 23.0 Å². The number of fused-ring (bicyclic) bond motifs is 1. The van der Waals surface area contributed by atoms with Gasteiger partial charge in [-0.2, -0.15) is 10.2 Å². The van der Waals surface area contributed by atoms with Crippen LogP contribution in [0.5, 0.6) is 5.75 Å². The van der Waals surface area contributed by atoms with E-state index in [2.05, 4.69) is 20.5 Å². The Morgan fingerprint density at radius 2 is 2.06 bits per heavy atom. The molecule has 33 heavy (non-hydrogen) atoms. The molecule has 10 heteroatoms. The molecule has 1 aromatic carbocycles. The van der Waals surface area contributed by atoms with Gasteiger partial charge in [-0.15, -0.1) is 0 Å². The van der Waals surface area contributed by atoms with Crippen LogP contribution in [-0.2, 0) is 6.73 Å². The molecule has 3 heterocycles. The first-order valence-electron chi connectivity index (χ1n) is 10.6. The van der Waals surface area contributed by atoms with E-state index in [1.54, 1.807) is 6.20 Å². The van der Waals surface area contributed by atoms with Crippen molar-refractivity contribution in [3.63, 3.8) is 0 Å². The maximum atomic E-state index is 13.5. The van der Waals surface area contributed by atoms with Gasteiger partial charge in [0, 0.05) is 17.7 Å². The Kier molecular flexibility index (Phi) is 5.27. The summed E-state index contributed by atoms with van der Waals surface area (Å²) in [6.07, 6.45) is 2.24.